The first-order valence-corrected chi connectivity index (χ1v) is 16.4. The highest BCUT2D eigenvalue weighted by Crippen LogP contribution is 2.50. The molecule has 0 amide bonds. The maximum absolute atomic E-state index is 13.0. The van der Waals surface area contributed by atoms with Crippen LogP contribution in [0.3, 0.4) is 0 Å². The molecular weight excluding hydrogens is 617 g/mol. The summed E-state index contributed by atoms with van der Waals surface area (Å²) in [6.07, 6.45) is -3.74. The summed E-state index contributed by atoms with van der Waals surface area (Å²) < 4.78 is 80.3. The van der Waals surface area contributed by atoms with Crippen LogP contribution in [0.15, 0.2) is 24.3 Å². The number of alkyl halides is 4. The third-order valence-corrected chi connectivity index (χ3v) is 9.85. The maximum atomic E-state index is 13.0. The first kappa shape index (κ1) is 31.1. The lowest BCUT2D eigenvalue weighted by atomic mass is 10.0. The predicted molar refractivity (Wildman–Crippen MR) is 156 cm³/mol. The number of nitrogens with zero attached hydrogens (tertiary/aromatic N) is 3. The first-order valence-electron chi connectivity index (χ1n) is 13.4. The Bertz CT molecular complexity index is 1520. The molecule has 42 heavy (non-hydrogen) atoms. The SMILES string of the molecule is Cc1nc(NCC(F)(F)F)nc(NC23CCC(CNS(=O)(=O)CCCCl)C2OC(C)(C)O3)c1-c1nc2ccccc2s1. The Hall–Kier alpha value is -2.30. The van der Waals surface area contributed by atoms with Crippen LogP contribution >= 0.6 is 22.9 Å². The van der Waals surface area contributed by atoms with Gasteiger partial charge in [-0.05, 0) is 52.2 Å². The molecular formula is C26H32ClF3N6O4S2. The minimum absolute atomic E-state index is 0.0838. The maximum Gasteiger partial charge on any atom is 0.405 e. The molecule has 1 aliphatic carbocycles. The van der Waals surface area contributed by atoms with E-state index in [1.165, 1.54) is 11.3 Å². The zero-order chi connectivity index (χ0) is 30.3. The highest BCUT2D eigenvalue weighted by Gasteiger charge is 2.60. The van der Waals surface area contributed by atoms with Gasteiger partial charge in [0.05, 0.1) is 27.2 Å². The average molecular weight is 649 g/mol. The molecule has 3 unspecified atom stereocenters. The van der Waals surface area contributed by atoms with Crippen molar-refractivity contribution in [3.8, 4) is 10.6 Å². The Morgan fingerprint density at radius 2 is 1.95 bits per heavy atom. The van der Waals surface area contributed by atoms with E-state index in [1.807, 2.05) is 24.3 Å². The van der Waals surface area contributed by atoms with Crippen molar-refractivity contribution in [1.82, 2.24) is 19.7 Å². The first-order chi connectivity index (χ1) is 19.7. The highest BCUT2D eigenvalue weighted by atomic mass is 35.5. The van der Waals surface area contributed by atoms with Crippen LogP contribution in [0.2, 0.25) is 0 Å². The number of thiazole rings is 1. The van der Waals surface area contributed by atoms with Gasteiger partial charge in [-0.25, -0.2) is 23.1 Å². The Kier molecular flexibility index (Phi) is 8.64. The van der Waals surface area contributed by atoms with E-state index in [9.17, 15) is 21.6 Å². The predicted octanol–water partition coefficient (Wildman–Crippen LogP) is 5.25. The molecule has 3 N–H and O–H groups in total. The number of fused-ring (bicyclic) bond motifs is 2. The summed E-state index contributed by atoms with van der Waals surface area (Å²) >= 11 is 7.08. The standard InChI is InChI=1S/C26H32ClF3N6O4S2/c1-15-19(22-34-17-7-4-5-8-18(17)41-22)21(35-23(33-15)31-14-26(28,29)30)36-25-10-9-16(20(25)39-24(2,3)40-25)13-32-42(37,38)12-6-11-27/h4-5,7-8,16,20,32H,6,9-14H2,1-3H3,(H2,31,33,35,36). The van der Waals surface area contributed by atoms with Crippen LogP contribution in [0.1, 0.15) is 38.8 Å². The van der Waals surface area contributed by atoms with Gasteiger partial charge in [-0.2, -0.15) is 18.2 Å². The van der Waals surface area contributed by atoms with Crippen molar-refractivity contribution in [2.24, 2.45) is 5.92 Å². The number of nitrogens with one attached hydrogen (secondary N) is 3. The molecule has 3 atom stereocenters. The zero-order valence-corrected chi connectivity index (χ0v) is 25.6. The highest BCUT2D eigenvalue weighted by molar-refractivity contribution is 7.89. The third-order valence-electron chi connectivity index (χ3n) is 7.10. The number of rotatable bonds is 11. The molecule has 0 bridgehead atoms. The fourth-order valence-corrected chi connectivity index (χ4v) is 7.91. The second-order valence-corrected chi connectivity index (χ2v) is 14.2. The van der Waals surface area contributed by atoms with Gasteiger partial charge in [-0.15, -0.1) is 22.9 Å². The number of hydrogen-bond acceptors (Lipinski definition) is 10. The van der Waals surface area contributed by atoms with Crippen LogP contribution < -0.4 is 15.4 Å². The zero-order valence-electron chi connectivity index (χ0n) is 23.2. The van der Waals surface area contributed by atoms with Crippen molar-refractivity contribution in [3.63, 3.8) is 0 Å². The van der Waals surface area contributed by atoms with Crippen molar-refractivity contribution in [2.45, 2.75) is 63.8 Å². The molecule has 2 aromatic heterocycles. The van der Waals surface area contributed by atoms with Crippen molar-refractivity contribution in [1.29, 1.82) is 0 Å². The molecule has 0 spiro atoms. The number of anilines is 2. The van der Waals surface area contributed by atoms with Gasteiger partial charge in [0.15, 0.2) is 11.5 Å². The van der Waals surface area contributed by atoms with Crippen LogP contribution in [0.25, 0.3) is 20.8 Å². The molecule has 5 rings (SSSR count). The van der Waals surface area contributed by atoms with Gasteiger partial charge in [0.1, 0.15) is 23.5 Å². The molecule has 230 valence electrons. The summed E-state index contributed by atoms with van der Waals surface area (Å²) in [6.45, 7) is 4.02. The average Bonchev–Trinajstić information content (AvgIpc) is 3.53. The second-order valence-electron chi connectivity index (χ2n) is 10.9. The largest absolute Gasteiger partial charge is 0.405 e. The molecule has 3 aromatic rings. The molecule has 2 fully saturated rings. The van der Waals surface area contributed by atoms with E-state index >= 15 is 0 Å². The van der Waals surface area contributed by atoms with Crippen LogP contribution in [0.4, 0.5) is 24.9 Å². The van der Waals surface area contributed by atoms with Crippen molar-refractivity contribution in [2.75, 3.05) is 35.4 Å². The number of benzene rings is 1. The van der Waals surface area contributed by atoms with Crippen molar-refractivity contribution in [3.05, 3.63) is 30.0 Å². The van der Waals surface area contributed by atoms with Gasteiger partial charge in [0.25, 0.3) is 0 Å². The lowest BCUT2D eigenvalue weighted by Crippen LogP contribution is -2.47. The number of aryl methyl sites for hydroxylation is 1. The molecule has 2 aliphatic rings. The van der Waals surface area contributed by atoms with Crippen molar-refractivity contribution >= 4 is 54.9 Å². The Morgan fingerprint density at radius 3 is 2.67 bits per heavy atom. The van der Waals surface area contributed by atoms with Crippen molar-refractivity contribution < 1.29 is 31.1 Å². The summed E-state index contributed by atoms with van der Waals surface area (Å²) in [7, 11) is -3.53. The van der Waals surface area contributed by atoms with E-state index in [4.69, 9.17) is 26.1 Å². The van der Waals surface area contributed by atoms with Gasteiger partial charge < -0.3 is 20.1 Å². The molecule has 10 nitrogen and oxygen atoms in total. The Balaban J connectivity index is 1.50. The summed E-state index contributed by atoms with van der Waals surface area (Å²) in [5.74, 6) is -1.09. The van der Waals surface area contributed by atoms with E-state index in [2.05, 4.69) is 25.3 Å². The van der Waals surface area contributed by atoms with Crippen LogP contribution in [-0.4, -0.2) is 71.9 Å². The molecule has 16 heteroatoms. The number of ether oxygens (including phenoxy) is 2. The lowest BCUT2D eigenvalue weighted by Gasteiger charge is -2.31. The number of halogens is 4. The number of hydrogen-bond donors (Lipinski definition) is 3. The summed E-state index contributed by atoms with van der Waals surface area (Å²) in [5.41, 5.74) is 0.579. The van der Waals surface area contributed by atoms with E-state index in [1.54, 1.807) is 20.8 Å². The summed E-state index contributed by atoms with van der Waals surface area (Å²) in [5, 5.41) is 6.23. The quantitative estimate of drug-likeness (QED) is 0.239. The number of aromatic nitrogens is 3. The normalized spacial score (nSPS) is 23.8. The topological polar surface area (TPSA) is 127 Å². The van der Waals surface area contributed by atoms with E-state index in [0.717, 1.165) is 10.2 Å². The van der Waals surface area contributed by atoms with Gasteiger partial charge in [-0.1, -0.05) is 12.1 Å². The van der Waals surface area contributed by atoms with Gasteiger partial charge in [0.2, 0.25) is 16.0 Å². The van der Waals surface area contributed by atoms with Crippen LogP contribution in [0, 0.1) is 12.8 Å². The summed E-state index contributed by atoms with van der Waals surface area (Å²) in [6, 6.07) is 7.57. The minimum atomic E-state index is -4.47. The number of para-hydroxylation sites is 1. The molecule has 3 heterocycles. The van der Waals surface area contributed by atoms with Gasteiger partial charge >= 0.3 is 6.18 Å². The number of sulfonamides is 1. The smallest absolute Gasteiger partial charge is 0.345 e. The monoisotopic (exact) mass is 648 g/mol. The van der Waals surface area contributed by atoms with Gasteiger partial charge in [-0.3, -0.25) is 0 Å². The molecule has 1 aliphatic heterocycles. The fourth-order valence-electron chi connectivity index (χ4n) is 5.42. The van der Waals surface area contributed by atoms with E-state index < -0.39 is 40.4 Å². The van der Waals surface area contributed by atoms with E-state index in [-0.39, 0.29) is 35.9 Å². The molecule has 1 saturated heterocycles. The molecule has 1 aromatic carbocycles. The molecule has 1 saturated carbocycles. The van der Waals surface area contributed by atoms with Gasteiger partial charge in [0, 0.05) is 18.3 Å². The third kappa shape index (κ3) is 6.91. The second kappa shape index (κ2) is 11.7. The molecule has 0 radical (unpaired) electrons. The Labute approximate surface area is 250 Å². The fraction of sp³-hybridized carbons (Fsp3) is 0.577. The van der Waals surface area contributed by atoms with E-state index in [0.29, 0.717) is 35.5 Å². The lowest BCUT2D eigenvalue weighted by molar-refractivity contribution is -0.166. The minimum Gasteiger partial charge on any atom is -0.345 e. The van der Waals surface area contributed by atoms with Crippen LogP contribution in [-0.2, 0) is 19.5 Å². The van der Waals surface area contributed by atoms with Crippen LogP contribution in [0.5, 0.6) is 0 Å². The Morgan fingerprint density at radius 1 is 1.19 bits per heavy atom. The summed E-state index contributed by atoms with van der Waals surface area (Å²) in [4.78, 5) is 13.5.